The quantitative estimate of drug-likeness (QED) is 0.245. The summed E-state index contributed by atoms with van der Waals surface area (Å²) in [4.78, 5) is 0. The van der Waals surface area contributed by atoms with Crippen LogP contribution in [0.4, 0.5) is 0 Å². The van der Waals surface area contributed by atoms with Crippen molar-refractivity contribution in [3.05, 3.63) is 137 Å². The Morgan fingerprint density at radius 3 is 2.19 bits per heavy atom. The van der Waals surface area contributed by atoms with Crippen LogP contribution in [0.5, 0.6) is 0 Å². The summed E-state index contributed by atoms with van der Waals surface area (Å²) >= 11 is 0. The van der Waals surface area contributed by atoms with Crippen molar-refractivity contribution in [1.29, 1.82) is 0 Å². The molecule has 0 amide bonds. The summed E-state index contributed by atoms with van der Waals surface area (Å²) in [6.07, 6.45) is 4.68. The summed E-state index contributed by atoms with van der Waals surface area (Å²) < 4.78 is 0. The fourth-order valence-electron chi connectivity index (χ4n) is 6.63. The van der Waals surface area contributed by atoms with Crippen molar-refractivity contribution in [3.8, 4) is 22.3 Å². The lowest BCUT2D eigenvalue weighted by Gasteiger charge is -2.22. The smallest absolute Gasteiger partial charge is 0.0311 e. The molecule has 0 nitrogen and oxygen atoms in total. The van der Waals surface area contributed by atoms with Gasteiger partial charge in [0, 0.05) is 5.92 Å². The van der Waals surface area contributed by atoms with E-state index in [2.05, 4.69) is 123 Å². The molecule has 0 radical (unpaired) electrons. The predicted molar refractivity (Wildman–Crippen MR) is 153 cm³/mol. The second kappa shape index (κ2) is 8.35. The van der Waals surface area contributed by atoms with Crippen molar-refractivity contribution in [2.24, 2.45) is 5.92 Å². The van der Waals surface area contributed by atoms with Crippen molar-refractivity contribution >= 4 is 16.8 Å². The standard InChI is InChI=1S/C36H30/c1-23(2)20-26-22-35-31(29-15-7-12-24-10-3-5-13-27(24)29)17-9-19-33(35)36(26)32-18-8-16-30-28-14-6-4-11-25(28)21-34(30)32/h3-19,22-23,36H,20-21H2,1-2H3. The highest BCUT2D eigenvalue weighted by molar-refractivity contribution is 5.99. The van der Waals surface area contributed by atoms with Gasteiger partial charge in [-0.05, 0) is 79.6 Å². The van der Waals surface area contributed by atoms with Crippen LogP contribution >= 0.6 is 0 Å². The Hall–Kier alpha value is -3.90. The van der Waals surface area contributed by atoms with Gasteiger partial charge in [0.1, 0.15) is 0 Å². The summed E-state index contributed by atoms with van der Waals surface area (Å²) in [7, 11) is 0. The zero-order valence-corrected chi connectivity index (χ0v) is 21.0. The van der Waals surface area contributed by atoms with Crippen molar-refractivity contribution in [2.75, 3.05) is 0 Å². The summed E-state index contributed by atoms with van der Waals surface area (Å²) in [6.45, 7) is 4.69. The zero-order valence-electron chi connectivity index (χ0n) is 21.0. The molecule has 0 bridgehead atoms. The van der Waals surface area contributed by atoms with E-state index in [9.17, 15) is 0 Å². The molecule has 2 aliphatic carbocycles. The molecule has 174 valence electrons. The maximum absolute atomic E-state index is 2.53. The molecule has 7 rings (SSSR count). The molecule has 0 aromatic heterocycles. The van der Waals surface area contributed by atoms with E-state index in [0.717, 1.165) is 12.8 Å². The minimum absolute atomic E-state index is 0.321. The van der Waals surface area contributed by atoms with Crippen LogP contribution in [0, 0.1) is 5.92 Å². The molecular formula is C36H30. The molecule has 0 spiro atoms. The lowest BCUT2D eigenvalue weighted by Crippen LogP contribution is -2.07. The third-order valence-corrected chi connectivity index (χ3v) is 8.07. The first kappa shape index (κ1) is 21.4. The zero-order chi connectivity index (χ0) is 24.2. The van der Waals surface area contributed by atoms with E-state index < -0.39 is 0 Å². The lowest BCUT2D eigenvalue weighted by atomic mass is 9.81. The number of hydrogen-bond acceptors (Lipinski definition) is 0. The van der Waals surface area contributed by atoms with Crippen LogP contribution in [-0.4, -0.2) is 0 Å². The van der Waals surface area contributed by atoms with Crippen LogP contribution in [0.1, 0.15) is 54.0 Å². The number of benzene rings is 5. The average molecular weight is 463 g/mol. The Morgan fingerprint density at radius 2 is 1.31 bits per heavy atom. The topological polar surface area (TPSA) is 0 Å². The second-order valence-electron chi connectivity index (χ2n) is 10.8. The van der Waals surface area contributed by atoms with E-state index in [1.54, 1.807) is 5.57 Å². The molecule has 0 saturated carbocycles. The third kappa shape index (κ3) is 3.28. The highest BCUT2D eigenvalue weighted by Crippen LogP contribution is 2.50. The molecule has 0 heterocycles. The van der Waals surface area contributed by atoms with Crippen molar-refractivity contribution in [3.63, 3.8) is 0 Å². The number of hydrogen-bond donors (Lipinski definition) is 0. The number of rotatable bonds is 4. The monoisotopic (exact) mass is 462 g/mol. The summed E-state index contributed by atoms with van der Waals surface area (Å²) in [6, 6.07) is 38.4. The molecule has 0 fully saturated rings. The van der Waals surface area contributed by atoms with Crippen LogP contribution in [-0.2, 0) is 6.42 Å². The van der Waals surface area contributed by atoms with Gasteiger partial charge in [0.15, 0.2) is 0 Å². The van der Waals surface area contributed by atoms with Gasteiger partial charge < -0.3 is 0 Å². The molecule has 0 saturated heterocycles. The van der Waals surface area contributed by atoms with Crippen LogP contribution in [0.25, 0.3) is 39.1 Å². The molecule has 0 aliphatic heterocycles. The molecule has 0 heteroatoms. The first-order chi connectivity index (χ1) is 17.7. The normalized spacial score (nSPS) is 15.6. The van der Waals surface area contributed by atoms with Crippen LogP contribution in [0.2, 0.25) is 0 Å². The third-order valence-electron chi connectivity index (χ3n) is 8.07. The molecule has 1 atom stereocenters. The number of allylic oxidation sites excluding steroid dienone is 1. The van der Waals surface area contributed by atoms with E-state index in [0.29, 0.717) is 11.8 Å². The van der Waals surface area contributed by atoms with Crippen LogP contribution in [0.3, 0.4) is 0 Å². The Balaban J connectivity index is 1.44. The van der Waals surface area contributed by atoms with Gasteiger partial charge in [-0.1, -0.05) is 129 Å². The largest absolute Gasteiger partial charge is 0.0625 e. The van der Waals surface area contributed by atoms with Gasteiger partial charge in [-0.3, -0.25) is 0 Å². The first-order valence-electron chi connectivity index (χ1n) is 13.2. The van der Waals surface area contributed by atoms with Crippen LogP contribution in [0.15, 0.2) is 109 Å². The first-order valence-corrected chi connectivity index (χ1v) is 13.2. The van der Waals surface area contributed by atoms with E-state index >= 15 is 0 Å². The molecule has 1 unspecified atom stereocenters. The van der Waals surface area contributed by atoms with Gasteiger partial charge in [0.2, 0.25) is 0 Å². The van der Waals surface area contributed by atoms with Crippen LogP contribution < -0.4 is 0 Å². The average Bonchev–Trinajstić information content (AvgIpc) is 3.46. The van der Waals surface area contributed by atoms with Gasteiger partial charge in [-0.15, -0.1) is 0 Å². The minimum Gasteiger partial charge on any atom is -0.0625 e. The number of fused-ring (bicyclic) bond motifs is 5. The van der Waals surface area contributed by atoms with Gasteiger partial charge in [0.25, 0.3) is 0 Å². The molecule has 5 aromatic rings. The maximum Gasteiger partial charge on any atom is 0.0311 e. The summed E-state index contributed by atoms with van der Waals surface area (Å²) in [5, 5.41) is 2.62. The van der Waals surface area contributed by atoms with E-state index in [1.165, 1.54) is 60.8 Å². The molecular weight excluding hydrogens is 432 g/mol. The molecule has 5 aromatic carbocycles. The Labute approximate surface area is 214 Å². The highest BCUT2D eigenvalue weighted by Gasteiger charge is 2.32. The Morgan fingerprint density at radius 1 is 0.639 bits per heavy atom. The summed E-state index contributed by atoms with van der Waals surface area (Å²) in [5.41, 5.74) is 14.4. The predicted octanol–water partition coefficient (Wildman–Crippen LogP) is 9.65. The Kier molecular flexibility index (Phi) is 4.96. The van der Waals surface area contributed by atoms with Crippen molar-refractivity contribution < 1.29 is 0 Å². The Bertz CT molecular complexity index is 1660. The van der Waals surface area contributed by atoms with Crippen molar-refractivity contribution in [1.82, 2.24) is 0 Å². The minimum atomic E-state index is 0.321. The highest BCUT2D eigenvalue weighted by atomic mass is 14.4. The molecule has 0 N–H and O–H groups in total. The van der Waals surface area contributed by atoms with Gasteiger partial charge in [0.05, 0.1) is 0 Å². The molecule has 36 heavy (non-hydrogen) atoms. The van der Waals surface area contributed by atoms with E-state index in [-0.39, 0.29) is 0 Å². The van der Waals surface area contributed by atoms with Crippen molar-refractivity contribution in [2.45, 2.75) is 32.6 Å². The molecule has 2 aliphatic rings. The van der Waals surface area contributed by atoms with Gasteiger partial charge >= 0.3 is 0 Å². The SMILES string of the molecule is CC(C)CC1=Cc2c(-c3cccc4ccccc34)cccc2C1c1cccc2c1Cc1ccccc1-2. The fourth-order valence-corrected chi connectivity index (χ4v) is 6.63. The lowest BCUT2D eigenvalue weighted by molar-refractivity contribution is 0.625. The second-order valence-corrected chi connectivity index (χ2v) is 10.8. The maximum atomic E-state index is 2.53. The van der Waals surface area contributed by atoms with Gasteiger partial charge in [-0.25, -0.2) is 0 Å². The van der Waals surface area contributed by atoms with E-state index in [1.807, 2.05) is 0 Å². The van der Waals surface area contributed by atoms with E-state index in [4.69, 9.17) is 0 Å². The fraction of sp³-hybridized carbons (Fsp3) is 0.167. The summed E-state index contributed by atoms with van der Waals surface area (Å²) in [5.74, 6) is 0.935. The van der Waals surface area contributed by atoms with Gasteiger partial charge in [-0.2, -0.15) is 0 Å².